The molecule has 0 aromatic carbocycles. The lowest BCUT2D eigenvalue weighted by molar-refractivity contribution is 0.387. The van der Waals surface area contributed by atoms with Gasteiger partial charge in [-0.1, -0.05) is 5.16 Å². The summed E-state index contributed by atoms with van der Waals surface area (Å²) in [6.45, 7) is 3.55. The van der Waals surface area contributed by atoms with Crippen LogP contribution in [0.1, 0.15) is 17.5 Å². The van der Waals surface area contributed by atoms with Crippen molar-refractivity contribution in [2.45, 2.75) is 25.3 Å². The number of sulfonamides is 1. The van der Waals surface area contributed by atoms with Gasteiger partial charge in [0.1, 0.15) is 5.82 Å². The Balaban J connectivity index is 1.93. The highest BCUT2D eigenvalue weighted by Gasteiger charge is 2.16. The number of aryl methyl sites for hydroxylation is 2. The number of aromatic amines is 1. The molecule has 8 nitrogen and oxygen atoms in total. The predicted octanol–water partition coefficient (Wildman–Crippen LogP) is -0.0695. The zero-order valence-corrected chi connectivity index (χ0v) is 10.8. The van der Waals surface area contributed by atoms with E-state index < -0.39 is 10.0 Å². The van der Waals surface area contributed by atoms with E-state index in [9.17, 15) is 8.42 Å². The number of hydrogen-bond acceptors (Lipinski definition) is 6. The fourth-order valence-corrected chi connectivity index (χ4v) is 2.35. The van der Waals surface area contributed by atoms with E-state index in [-0.39, 0.29) is 11.6 Å². The van der Waals surface area contributed by atoms with Crippen molar-refractivity contribution in [2.75, 3.05) is 6.54 Å². The van der Waals surface area contributed by atoms with Gasteiger partial charge in [0.2, 0.25) is 5.89 Å². The molecule has 0 unspecified atom stereocenters. The Morgan fingerprint density at radius 2 is 2.22 bits per heavy atom. The average molecular weight is 271 g/mol. The summed E-state index contributed by atoms with van der Waals surface area (Å²) in [6, 6.07) is 0. The van der Waals surface area contributed by atoms with Crippen molar-refractivity contribution in [3.05, 3.63) is 23.7 Å². The molecule has 0 amide bonds. The monoisotopic (exact) mass is 271 g/mol. The van der Waals surface area contributed by atoms with Gasteiger partial charge in [0.25, 0.3) is 10.0 Å². The van der Waals surface area contributed by atoms with Crippen LogP contribution in [0.15, 0.2) is 15.7 Å². The molecule has 98 valence electrons. The molecule has 0 saturated heterocycles. The first kappa shape index (κ1) is 12.7. The van der Waals surface area contributed by atoms with Gasteiger partial charge in [-0.25, -0.2) is 18.1 Å². The van der Waals surface area contributed by atoms with Gasteiger partial charge in [0.15, 0.2) is 10.9 Å². The second-order valence-corrected chi connectivity index (χ2v) is 5.45. The maximum atomic E-state index is 11.8. The predicted molar refractivity (Wildman–Crippen MR) is 61.3 cm³/mol. The lowest BCUT2D eigenvalue weighted by Crippen LogP contribution is -2.26. The number of nitrogens with zero attached hydrogens (tertiary/aromatic N) is 3. The molecule has 0 atom stereocenters. The first-order valence-electron chi connectivity index (χ1n) is 5.28. The summed E-state index contributed by atoms with van der Waals surface area (Å²) in [5.74, 6) is 1.47. The molecule has 9 heteroatoms. The van der Waals surface area contributed by atoms with Crippen LogP contribution in [-0.2, 0) is 16.4 Å². The maximum Gasteiger partial charge on any atom is 0.257 e. The van der Waals surface area contributed by atoms with E-state index >= 15 is 0 Å². The smallest absolute Gasteiger partial charge is 0.257 e. The molecule has 0 fully saturated rings. The molecule has 0 aliphatic heterocycles. The second kappa shape index (κ2) is 4.86. The zero-order chi connectivity index (χ0) is 13.2. The van der Waals surface area contributed by atoms with Crippen molar-refractivity contribution in [2.24, 2.45) is 0 Å². The summed E-state index contributed by atoms with van der Waals surface area (Å²) < 4.78 is 30.8. The van der Waals surface area contributed by atoms with Gasteiger partial charge in [-0.3, -0.25) is 0 Å². The Kier molecular flexibility index (Phi) is 3.43. The summed E-state index contributed by atoms with van der Waals surface area (Å²) in [7, 11) is -3.56. The van der Waals surface area contributed by atoms with Crippen LogP contribution in [0, 0.1) is 13.8 Å². The van der Waals surface area contributed by atoms with Crippen LogP contribution in [0.2, 0.25) is 0 Å². The molecule has 0 bridgehead atoms. The molecule has 0 radical (unpaired) electrons. The van der Waals surface area contributed by atoms with E-state index in [0.717, 1.165) is 0 Å². The third-order valence-corrected chi connectivity index (χ3v) is 3.55. The number of imidazole rings is 1. The topological polar surface area (TPSA) is 114 Å². The second-order valence-electron chi connectivity index (χ2n) is 3.71. The van der Waals surface area contributed by atoms with E-state index in [0.29, 0.717) is 24.0 Å². The van der Waals surface area contributed by atoms with E-state index in [1.807, 2.05) is 0 Å². The summed E-state index contributed by atoms with van der Waals surface area (Å²) in [5.41, 5.74) is 0. The van der Waals surface area contributed by atoms with E-state index in [2.05, 4.69) is 24.8 Å². The number of hydrogen-bond donors (Lipinski definition) is 2. The normalized spacial score (nSPS) is 11.9. The molecule has 0 aliphatic carbocycles. The van der Waals surface area contributed by atoms with Gasteiger partial charge >= 0.3 is 0 Å². The average Bonchev–Trinajstić information content (AvgIpc) is 2.88. The first-order chi connectivity index (χ1) is 8.47. The van der Waals surface area contributed by atoms with Gasteiger partial charge in [0.05, 0.1) is 6.20 Å². The van der Waals surface area contributed by atoms with Crippen molar-refractivity contribution in [1.29, 1.82) is 0 Å². The summed E-state index contributed by atoms with van der Waals surface area (Å²) >= 11 is 0. The molecular weight excluding hydrogens is 258 g/mol. The minimum atomic E-state index is -3.56. The van der Waals surface area contributed by atoms with E-state index in [1.54, 1.807) is 13.8 Å². The molecule has 0 saturated carbocycles. The van der Waals surface area contributed by atoms with Crippen molar-refractivity contribution < 1.29 is 12.9 Å². The summed E-state index contributed by atoms with van der Waals surface area (Å²) in [4.78, 5) is 10.5. The molecule has 18 heavy (non-hydrogen) atoms. The van der Waals surface area contributed by atoms with Crippen LogP contribution in [0.4, 0.5) is 0 Å². The molecule has 2 rings (SSSR count). The van der Waals surface area contributed by atoms with E-state index in [1.165, 1.54) is 6.20 Å². The Morgan fingerprint density at radius 1 is 1.44 bits per heavy atom. The van der Waals surface area contributed by atoms with Gasteiger partial charge in [-0.15, -0.1) is 0 Å². The summed E-state index contributed by atoms with van der Waals surface area (Å²) in [6.07, 6.45) is 1.64. The van der Waals surface area contributed by atoms with Crippen molar-refractivity contribution in [1.82, 2.24) is 24.8 Å². The first-order valence-corrected chi connectivity index (χ1v) is 6.76. The van der Waals surface area contributed by atoms with Crippen LogP contribution in [-0.4, -0.2) is 35.1 Å². The van der Waals surface area contributed by atoms with Gasteiger partial charge in [0, 0.05) is 19.9 Å². The third kappa shape index (κ3) is 2.93. The largest absolute Gasteiger partial charge is 0.340 e. The minimum absolute atomic E-state index is 0.0456. The Morgan fingerprint density at radius 3 is 2.78 bits per heavy atom. The Labute approximate surface area is 104 Å². The summed E-state index contributed by atoms with van der Waals surface area (Å²) in [5, 5.41) is 3.72. The standard InChI is InChI=1S/C9H13N5O3S/c1-6-10-5-9(12-6)18(15,16)11-4-3-8-13-7(2)17-14-8/h5,11H,3-4H2,1-2H3,(H,10,12). The molecule has 2 aromatic heterocycles. The number of nitrogens with one attached hydrogen (secondary N) is 2. The van der Waals surface area contributed by atoms with Crippen LogP contribution in [0.25, 0.3) is 0 Å². The highest BCUT2D eigenvalue weighted by atomic mass is 32.2. The molecule has 2 heterocycles. The van der Waals surface area contributed by atoms with Crippen LogP contribution < -0.4 is 4.72 Å². The fourth-order valence-electron chi connectivity index (χ4n) is 1.35. The third-order valence-electron chi connectivity index (χ3n) is 2.18. The lowest BCUT2D eigenvalue weighted by atomic mass is 10.4. The van der Waals surface area contributed by atoms with E-state index in [4.69, 9.17) is 4.52 Å². The Hall–Kier alpha value is -1.74. The molecule has 0 spiro atoms. The van der Waals surface area contributed by atoms with Crippen LogP contribution >= 0.6 is 0 Å². The molecule has 2 N–H and O–H groups in total. The fraction of sp³-hybridized carbons (Fsp3) is 0.444. The van der Waals surface area contributed by atoms with Crippen molar-refractivity contribution in [3.63, 3.8) is 0 Å². The number of rotatable bonds is 5. The lowest BCUT2D eigenvalue weighted by Gasteiger charge is -2.02. The van der Waals surface area contributed by atoms with Gasteiger partial charge in [-0.2, -0.15) is 4.98 Å². The molecule has 2 aromatic rings. The van der Waals surface area contributed by atoms with Crippen molar-refractivity contribution >= 4 is 10.0 Å². The maximum absolute atomic E-state index is 11.8. The van der Waals surface area contributed by atoms with Crippen molar-refractivity contribution in [3.8, 4) is 0 Å². The Bertz CT molecular complexity index is 630. The number of aromatic nitrogens is 4. The number of H-pyrrole nitrogens is 1. The highest BCUT2D eigenvalue weighted by molar-refractivity contribution is 7.89. The zero-order valence-electron chi connectivity index (χ0n) is 9.97. The molecular formula is C9H13N5O3S. The minimum Gasteiger partial charge on any atom is -0.340 e. The van der Waals surface area contributed by atoms with Crippen LogP contribution in [0.5, 0.6) is 0 Å². The van der Waals surface area contributed by atoms with Gasteiger partial charge < -0.3 is 9.51 Å². The SMILES string of the molecule is Cc1ncc(S(=O)(=O)NCCc2noc(C)n2)[nH]1. The highest BCUT2D eigenvalue weighted by Crippen LogP contribution is 2.04. The van der Waals surface area contributed by atoms with Crippen LogP contribution in [0.3, 0.4) is 0 Å². The quantitative estimate of drug-likeness (QED) is 0.787. The molecule has 0 aliphatic rings. The van der Waals surface area contributed by atoms with Gasteiger partial charge in [-0.05, 0) is 6.92 Å².